The Hall–Kier alpha value is -0.650. The third-order valence-electron chi connectivity index (χ3n) is 3.17. The first kappa shape index (κ1) is 12.8. The minimum Gasteiger partial charge on any atom is -0.323 e. The molecule has 2 unspecified atom stereocenters. The molecule has 1 fully saturated rings. The van der Waals surface area contributed by atoms with Gasteiger partial charge in [0.2, 0.25) is 0 Å². The van der Waals surface area contributed by atoms with Gasteiger partial charge in [-0.05, 0) is 25.2 Å². The summed E-state index contributed by atoms with van der Waals surface area (Å²) < 4.78 is 26.8. The second-order valence-corrected chi connectivity index (χ2v) is 5.46. The lowest BCUT2D eigenvalue weighted by Crippen LogP contribution is -2.46. The van der Waals surface area contributed by atoms with Gasteiger partial charge >= 0.3 is 0 Å². The van der Waals surface area contributed by atoms with Crippen LogP contribution < -0.4 is 5.73 Å². The lowest BCUT2D eigenvalue weighted by molar-refractivity contribution is 0.235. The average molecular weight is 258 g/mol. The SMILES string of the molecule is CN1CCSCC1C(N)c1cc(F)ccc1F. The fourth-order valence-electron chi connectivity index (χ4n) is 2.06. The van der Waals surface area contributed by atoms with Gasteiger partial charge in [0.15, 0.2) is 0 Å². The van der Waals surface area contributed by atoms with Crippen LogP contribution in [0.3, 0.4) is 0 Å². The topological polar surface area (TPSA) is 29.3 Å². The standard InChI is InChI=1S/C12H16F2N2S/c1-16-4-5-17-7-11(16)12(15)9-6-8(13)2-3-10(9)14/h2-3,6,11-12H,4-5,7,15H2,1H3. The minimum atomic E-state index is -0.483. The Morgan fingerprint density at radius 2 is 2.24 bits per heavy atom. The lowest BCUT2D eigenvalue weighted by Gasteiger charge is -2.36. The molecule has 2 atom stereocenters. The van der Waals surface area contributed by atoms with Crippen molar-refractivity contribution in [1.29, 1.82) is 0 Å². The predicted octanol–water partition coefficient (Wildman–Crippen LogP) is 2.01. The first-order valence-corrected chi connectivity index (χ1v) is 6.73. The molecular formula is C12H16F2N2S. The molecule has 2 nitrogen and oxygen atoms in total. The van der Waals surface area contributed by atoms with Gasteiger partial charge in [-0.3, -0.25) is 4.90 Å². The molecule has 1 aliphatic rings. The molecule has 1 aliphatic heterocycles. The minimum absolute atomic E-state index is 0.0602. The zero-order valence-electron chi connectivity index (χ0n) is 9.70. The van der Waals surface area contributed by atoms with E-state index in [0.29, 0.717) is 0 Å². The molecule has 1 aromatic rings. The van der Waals surface area contributed by atoms with Crippen LogP contribution in [0.2, 0.25) is 0 Å². The van der Waals surface area contributed by atoms with Crippen molar-refractivity contribution in [2.75, 3.05) is 25.1 Å². The number of rotatable bonds is 2. The highest BCUT2D eigenvalue weighted by atomic mass is 32.2. The van der Waals surface area contributed by atoms with Crippen LogP contribution in [-0.4, -0.2) is 36.0 Å². The number of hydrogen-bond acceptors (Lipinski definition) is 3. The average Bonchev–Trinajstić information content (AvgIpc) is 2.32. The summed E-state index contributed by atoms with van der Waals surface area (Å²) in [4.78, 5) is 2.12. The summed E-state index contributed by atoms with van der Waals surface area (Å²) in [6.45, 7) is 0.931. The number of halogens is 2. The van der Waals surface area contributed by atoms with Crippen LogP contribution in [-0.2, 0) is 0 Å². The summed E-state index contributed by atoms with van der Waals surface area (Å²) in [5.74, 6) is 1.05. The van der Waals surface area contributed by atoms with E-state index in [-0.39, 0.29) is 11.6 Å². The third-order valence-corrected chi connectivity index (χ3v) is 4.22. The van der Waals surface area contributed by atoms with Gasteiger partial charge in [0.1, 0.15) is 11.6 Å². The van der Waals surface area contributed by atoms with E-state index < -0.39 is 17.7 Å². The highest BCUT2D eigenvalue weighted by Crippen LogP contribution is 2.26. The summed E-state index contributed by atoms with van der Waals surface area (Å²) in [6, 6.07) is 3.03. The van der Waals surface area contributed by atoms with E-state index in [2.05, 4.69) is 4.90 Å². The zero-order chi connectivity index (χ0) is 12.4. The molecule has 0 bridgehead atoms. The summed E-state index contributed by atoms with van der Waals surface area (Å²) in [5.41, 5.74) is 6.34. The van der Waals surface area contributed by atoms with E-state index in [9.17, 15) is 8.78 Å². The molecule has 1 aromatic carbocycles. The quantitative estimate of drug-likeness (QED) is 0.880. The van der Waals surface area contributed by atoms with E-state index in [0.717, 1.165) is 30.2 Å². The molecule has 2 N–H and O–H groups in total. The van der Waals surface area contributed by atoms with E-state index in [4.69, 9.17) is 5.73 Å². The van der Waals surface area contributed by atoms with Gasteiger partial charge in [-0.1, -0.05) is 0 Å². The van der Waals surface area contributed by atoms with Crippen LogP contribution in [0.4, 0.5) is 8.78 Å². The molecule has 0 spiro atoms. The molecule has 0 aliphatic carbocycles. The normalized spacial score (nSPS) is 23.6. The maximum atomic E-state index is 13.6. The fraction of sp³-hybridized carbons (Fsp3) is 0.500. The first-order valence-electron chi connectivity index (χ1n) is 5.58. The van der Waals surface area contributed by atoms with Crippen molar-refractivity contribution >= 4 is 11.8 Å². The van der Waals surface area contributed by atoms with Gasteiger partial charge in [0.25, 0.3) is 0 Å². The van der Waals surface area contributed by atoms with Crippen LogP contribution in [0.15, 0.2) is 18.2 Å². The number of nitrogens with two attached hydrogens (primary N) is 1. The second kappa shape index (κ2) is 5.33. The highest BCUT2D eigenvalue weighted by Gasteiger charge is 2.28. The molecule has 2 rings (SSSR count). The molecule has 0 radical (unpaired) electrons. The van der Waals surface area contributed by atoms with Crippen molar-refractivity contribution in [2.24, 2.45) is 5.73 Å². The lowest BCUT2D eigenvalue weighted by atomic mass is 9.99. The smallest absolute Gasteiger partial charge is 0.128 e. The van der Waals surface area contributed by atoms with Gasteiger partial charge in [-0.15, -0.1) is 0 Å². The maximum Gasteiger partial charge on any atom is 0.128 e. The summed E-state index contributed by atoms with van der Waals surface area (Å²) >= 11 is 1.80. The highest BCUT2D eigenvalue weighted by molar-refractivity contribution is 7.99. The van der Waals surface area contributed by atoms with E-state index in [1.54, 1.807) is 11.8 Å². The molecule has 17 heavy (non-hydrogen) atoms. The van der Waals surface area contributed by atoms with Crippen molar-refractivity contribution in [3.05, 3.63) is 35.4 Å². The van der Waals surface area contributed by atoms with Crippen molar-refractivity contribution in [2.45, 2.75) is 12.1 Å². The van der Waals surface area contributed by atoms with Crippen LogP contribution in [0.25, 0.3) is 0 Å². The maximum absolute atomic E-state index is 13.6. The molecule has 0 aromatic heterocycles. The van der Waals surface area contributed by atoms with Gasteiger partial charge in [0.05, 0.1) is 0 Å². The van der Waals surface area contributed by atoms with E-state index in [1.165, 1.54) is 6.07 Å². The van der Waals surface area contributed by atoms with Gasteiger partial charge in [-0.25, -0.2) is 8.78 Å². The van der Waals surface area contributed by atoms with Crippen molar-refractivity contribution in [3.8, 4) is 0 Å². The largest absolute Gasteiger partial charge is 0.323 e. The van der Waals surface area contributed by atoms with Gasteiger partial charge in [-0.2, -0.15) is 11.8 Å². The van der Waals surface area contributed by atoms with Crippen LogP contribution in [0, 0.1) is 11.6 Å². The fourth-order valence-corrected chi connectivity index (χ4v) is 3.35. The molecule has 0 saturated carbocycles. The molecular weight excluding hydrogens is 242 g/mol. The monoisotopic (exact) mass is 258 g/mol. The molecule has 0 amide bonds. The zero-order valence-corrected chi connectivity index (χ0v) is 10.5. The van der Waals surface area contributed by atoms with Crippen molar-refractivity contribution in [3.63, 3.8) is 0 Å². The Morgan fingerprint density at radius 1 is 1.47 bits per heavy atom. The Labute approximate surface area is 104 Å². The first-order chi connectivity index (χ1) is 8.09. The molecule has 1 heterocycles. The summed E-state index contributed by atoms with van der Waals surface area (Å²) in [6.07, 6.45) is 0. The summed E-state index contributed by atoms with van der Waals surface area (Å²) in [7, 11) is 1.97. The van der Waals surface area contributed by atoms with Crippen LogP contribution in [0.5, 0.6) is 0 Å². The molecule has 5 heteroatoms. The number of benzene rings is 1. The van der Waals surface area contributed by atoms with E-state index >= 15 is 0 Å². The molecule has 1 saturated heterocycles. The van der Waals surface area contributed by atoms with Crippen molar-refractivity contribution < 1.29 is 8.78 Å². The Balaban J connectivity index is 2.23. The van der Waals surface area contributed by atoms with Gasteiger partial charge < -0.3 is 5.73 Å². The third kappa shape index (κ3) is 2.78. The van der Waals surface area contributed by atoms with Crippen LogP contribution in [0.1, 0.15) is 11.6 Å². The number of likely N-dealkylation sites (N-methyl/N-ethyl adjacent to an activating group) is 1. The number of thioether (sulfide) groups is 1. The number of nitrogens with zero attached hydrogens (tertiary/aromatic N) is 1. The Bertz CT molecular complexity index is 400. The molecule has 94 valence electrons. The van der Waals surface area contributed by atoms with E-state index in [1.807, 2.05) is 7.05 Å². The summed E-state index contributed by atoms with van der Waals surface area (Å²) in [5, 5.41) is 0. The van der Waals surface area contributed by atoms with Crippen LogP contribution >= 0.6 is 11.8 Å². The van der Waals surface area contributed by atoms with Gasteiger partial charge in [0, 0.05) is 35.7 Å². The number of hydrogen-bond donors (Lipinski definition) is 1. The predicted molar refractivity (Wildman–Crippen MR) is 67.0 cm³/mol. The Kier molecular flexibility index (Phi) is 4.01. The second-order valence-electron chi connectivity index (χ2n) is 4.31. The van der Waals surface area contributed by atoms with Crippen molar-refractivity contribution in [1.82, 2.24) is 4.90 Å². The Morgan fingerprint density at radius 3 is 2.94 bits per heavy atom.